The van der Waals surface area contributed by atoms with Crippen LogP contribution in [-0.4, -0.2) is 86.3 Å². The van der Waals surface area contributed by atoms with Gasteiger partial charge in [-0.15, -0.1) is 0 Å². The van der Waals surface area contributed by atoms with Crippen molar-refractivity contribution in [1.82, 2.24) is 9.80 Å². The van der Waals surface area contributed by atoms with Crippen LogP contribution in [0.4, 0.5) is 0 Å². The lowest BCUT2D eigenvalue weighted by Crippen LogP contribution is -2.42. The molecule has 5 rings (SSSR count). The number of rotatable bonds is 7. The summed E-state index contributed by atoms with van der Waals surface area (Å²) in [7, 11) is 3.08. The van der Waals surface area contributed by atoms with Gasteiger partial charge < -0.3 is 29.0 Å². The molecule has 3 aliphatic heterocycles. The molecular weight excluding hydrogens is 476 g/mol. The zero-order chi connectivity index (χ0) is 26.1. The molecule has 0 spiro atoms. The number of benzene rings is 2. The first-order valence-corrected chi connectivity index (χ1v) is 12.5. The van der Waals surface area contributed by atoms with Crippen molar-refractivity contribution in [2.45, 2.75) is 25.5 Å². The lowest BCUT2D eigenvalue weighted by molar-refractivity contribution is -0.140. The third-order valence-corrected chi connectivity index (χ3v) is 7.19. The fraction of sp³-hybridized carbons (Fsp3) is 0.429. The van der Waals surface area contributed by atoms with Crippen LogP contribution >= 0.6 is 0 Å². The first-order valence-electron chi connectivity index (χ1n) is 12.5. The van der Waals surface area contributed by atoms with Crippen molar-refractivity contribution in [3.8, 4) is 17.2 Å². The molecule has 0 radical (unpaired) electrons. The Morgan fingerprint density at radius 2 is 1.78 bits per heavy atom. The van der Waals surface area contributed by atoms with Crippen LogP contribution in [0.5, 0.6) is 17.2 Å². The topological polar surface area (TPSA) is 97.8 Å². The van der Waals surface area contributed by atoms with Gasteiger partial charge in [-0.2, -0.15) is 0 Å². The molecule has 3 aliphatic rings. The Hall–Kier alpha value is -3.56. The number of ketones is 1. The maximum Gasteiger partial charge on any atom is 0.295 e. The Morgan fingerprint density at radius 1 is 1.03 bits per heavy atom. The maximum absolute atomic E-state index is 13.4. The first-order chi connectivity index (χ1) is 17.9. The number of fused-ring (bicyclic) bond motifs is 1. The predicted molar refractivity (Wildman–Crippen MR) is 136 cm³/mol. The summed E-state index contributed by atoms with van der Waals surface area (Å²) in [5.74, 6) is 0.240. The number of morpholine rings is 1. The number of aliphatic hydroxyl groups is 1. The smallest absolute Gasteiger partial charge is 0.295 e. The van der Waals surface area contributed by atoms with E-state index in [-0.39, 0.29) is 17.4 Å². The summed E-state index contributed by atoms with van der Waals surface area (Å²) in [5, 5.41) is 11.5. The van der Waals surface area contributed by atoms with Gasteiger partial charge in [-0.25, -0.2) is 0 Å². The Bertz CT molecular complexity index is 1240. The second-order valence-electron chi connectivity index (χ2n) is 9.52. The number of carbonyl (C=O) groups is 2. The normalized spacial score (nSPS) is 23.2. The van der Waals surface area contributed by atoms with Crippen LogP contribution in [0, 0.1) is 0 Å². The lowest BCUT2D eigenvalue weighted by Gasteiger charge is -2.31. The van der Waals surface area contributed by atoms with Gasteiger partial charge >= 0.3 is 0 Å². The van der Waals surface area contributed by atoms with E-state index in [2.05, 4.69) is 4.90 Å². The van der Waals surface area contributed by atoms with Gasteiger partial charge in [-0.1, -0.05) is 6.07 Å². The average Bonchev–Trinajstić information content (AvgIpc) is 3.42. The molecule has 37 heavy (non-hydrogen) atoms. The Kier molecular flexibility index (Phi) is 7.08. The van der Waals surface area contributed by atoms with E-state index in [1.165, 1.54) is 7.11 Å². The Morgan fingerprint density at radius 3 is 2.51 bits per heavy atom. The fourth-order valence-corrected chi connectivity index (χ4v) is 5.28. The molecule has 2 fully saturated rings. The first kappa shape index (κ1) is 25.1. The third kappa shape index (κ3) is 4.76. The summed E-state index contributed by atoms with van der Waals surface area (Å²) >= 11 is 0. The van der Waals surface area contributed by atoms with E-state index >= 15 is 0 Å². The van der Waals surface area contributed by atoms with Crippen LogP contribution in [0.15, 0.2) is 42.0 Å². The standard InChI is InChI=1S/C28H32N2O7/c1-17-14-20-15-19(5-6-21(20)37-17)26(31)24-25(18-4-7-22(34-2)23(16-18)35-3)30(28(33)27(24)32)9-8-29-10-12-36-13-11-29/h4-7,15-17,25,31H,8-14H2,1-3H3/t17-,25-/m0/s1. The van der Waals surface area contributed by atoms with Crippen molar-refractivity contribution in [2.75, 3.05) is 53.6 Å². The molecule has 3 heterocycles. The van der Waals surface area contributed by atoms with E-state index in [9.17, 15) is 14.7 Å². The average molecular weight is 509 g/mol. The summed E-state index contributed by atoms with van der Waals surface area (Å²) in [4.78, 5) is 30.5. The molecule has 0 unspecified atom stereocenters. The molecule has 0 bridgehead atoms. The van der Waals surface area contributed by atoms with Crippen molar-refractivity contribution in [3.63, 3.8) is 0 Å². The highest BCUT2D eigenvalue weighted by atomic mass is 16.5. The SMILES string of the molecule is COc1ccc([C@H]2C(=C(O)c3ccc4c(c3)C[C@H](C)O4)C(=O)C(=O)N2CCN2CCOCC2)cc1OC. The minimum absolute atomic E-state index is 0.0462. The summed E-state index contributed by atoms with van der Waals surface area (Å²) in [6, 6.07) is 9.87. The van der Waals surface area contributed by atoms with Gasteiger partial charge in [0, 0.05) is 38.2 Å². The summed E-state index contributed by atoms with van der Waals surface area (Å²) in [6.45, 7) is 5.71. The largest absolute Gasteiger partial charge is 0.507 e. The fourth-order valence-electron chi connectivity index (χ4n) is 5.28. The van der Waals surface area contributed by atoms with Gasteiger partial charge in [0.05, 0.1) is 39.0 Å². The number of likely N-dealkylation sites (tertiary alicyclic amines) is 1. The number of nitrogens with zero attached hydrogens (tertiary/aromatic N) is 2. The number of Topliss-reactive ketones (excluding diaryl/α,β-unsaturated/α-hetero) is 1. The van der Waals surface area contributed by atoms with Gasteiger partial charge in [0.15, 0.2) is 11.5 Å². The zero-order valence-electron chi connectivity index (χ0n) is 21.4. The highest BCUT2D eigenvalue weighted by Gasteiger charge is 2.46. The summed E-state index contributed by atoms with van der Waals surface area (Å²) in [6.07, 6.45) is 0.758. The molecule has 1 amide bonds. The maximum atomic E-state index is 13.4. The monoisotopic (exact) mass is 508 g/mol. The summed E-state index contributed by atoms with van der Waals surface area (Å²) in [5.41, 5.74) is 2.15. The molecule has 0 aromatic heterocycles. The molecular formula is C28H32N2O7. The Balaban J connectivity index is 1.56. The van der Waals surface area contributed by atoms with Crippen LogP contribution in [0.3, 0.4) is 0 Å². The zero-order valence-corrected chi connectivity index (χ0v) is 21.4. The van der Waals surface area contributed by atoms with E-state index in [1.807, 2.05) is 13.0 Å². The second kappa shape index (κ2) is 10.4. The van der Waals surface area contributed by atoms with Crippen LogP contribution in [-0.2, 0) is 20.7 Å². The van der Waals surface area contributed by atoms with E-state index in [4.69, 9.17) is 18.9 Å². The number of hydrogen-bond donors (Lipinski definition) is 1. The molecule has 1 N–H and O–H groups in total. The van der Waals surface area contributed by atoms with Gasteiger partial charge in [-0.3, -0.25) is 14.5 Å². The third-order valence-electron chi connectivity index (χ3n) is 7.19. The van der Waals surface area contributed by atoms with E-state index in [0.717, 1.165) is 24.4 Å². The quantitative estimate of drug-likeness (QED) is 0.347. The molecule has 2 atom stereocenters. The van der Waals surface area contributed by atoms with Crippen molar-refractivity contribution in [1.29, 1.82) is 0 Å². The van der Waals surface area contributed by atoms with Gasteiger partial charge in [-0.05, 0) is 48.4 Å². The number of carbonyl (C=O) groups excluding carboxylic acids is 2. The van der Waals surface area contributed by atoms with E-state index in [1.54, 1.807) is 42.3 Å². The van der Waals surface area contributed by atoms with Crippen LogP contribution in [0.2, 0.25) is 0 Å². The van der Waals surface area contributed by atoms with E-state index < -0.39 is 17.7 Å². The molecule has 2 aromatic rings. The molecule has 9 heteroatoms. The van der Waals surface area contributed by atoms with E-state index in [0.29, 0.717) is 55.4 Å². The van der Waals surface area contributed by atoms with Crippen molar-refractivity contribution < 1.29 is 33.6 Å². The number of hydrogen-bond acceptors (Lipinski definition) is 8. The minimum atomic E-state index is -0.774. The lowest BCUT2D eigenvalue weighted by atomic mass is 9.94. The van der Waals surface area contributed by atoms with Gasteiger partial charge in [0.1, 0.15) is 17.6 Å². The number of ether oxygens (including phenoxy) is 4. The Labute approximate surface area is 216 Å². The van der Waals surface area contributed by atoms with Crippen molar-refractivity contribution in [3.05, 3.63) is 58.7 Å². The van der Waals surface area contributed by atoms with Crippen molar-refractivity contribution >= 4 is 17.4 Å². The van der Waals surface area contributed by atoms with Crippen LogP contribution < -0.4 is 14.2 Å². The molecule has 9 nitrogen and oxygen atoms in total. The molecule has 2 aromatic carbocycles. The number of aliphatic hydroxyl groups excluding tert-OH is 1. The summed E-state index contributed by atoms with van der Waals surface area (Å²) < 4.78 is 22.1. The van der Waals surface area contributed by atoms with Crippen molar-refractivity contribution in [2.24, 2.45) is 0 Å². The molecule has 0 saturated carbocycles. The van der Waals surface area contributed by atoms with Gasteiger partial charge in [0.25, 0.3) is 11.7 Å². The highest BCUT2D eigenvalue weighted by molar-refractivity contribution is 6.46. The predicted octanol–water partition coefficient (Wildman–Crippen LogP) is 2.78. The number of methoxy groups -OCH3 is 2. The molecule has 2 saturated heterocycles. The van der Waals surface area contributed by atoms with Crippen LogP contribution in [0.25, 0.3) is 5.76 Å². The highest BCUT2D eigenvalue weighted by Crippen LogP contribution is 2.42. The molecule has 196 valence electrons. The number of amides is 1. The second-order valence-corrected chi connectivity index (χ2v) is 9.52. The minimum Gasteiger partial charge on any atom is -0.507 e. The van der Waals surface area contributed by atoms with Gasteiger partial charge in [0.2, 0.25) is 0 Å². The molecule has 0 aliphatic carbocycles. The van der Waals surface area contributed by atoms with Crippen LogP contribution in [0.1, 0.15) is 29.7 Å².